The van der Waals surface area contributed by atoms with Crippen molar-refractivity contribution in [2.24, 2.45) is 5.41 Å². The minimum absolute atomic E-state index is 0.392. The van der Waals surface area contributed by atoms with E-state index in [4.69, 9.17) is 11.6 Å². The number of halogens is 1. The first-order chi connectivity index (χ1) is 8.64. The predicted molar refractivity (Wildman–Crippen MR) is 74.5 cm³/mol. The maximum atomic E-state index is 12.1. The van der Waals surface area contributed by atoms with Gasteiger partial charge in [-0.1, -0.05) is 38.4 Å². The molecule has 0 fully saturated rings. The highest BCUT2D eigenvalue weighted by Gasteiger charge is 2.33. The Bertz CT molecular complexity index is 506. The number of carbonyl (C=O) groups is 2. The van der Waals surface area contributed by atoms with Crippen LogP contribution in [-0.2, 0) is 4.79 Å². The van der Waals surface area contributed by atoms with Crippen molar-refractivity contribution in [3.8, 4) is 0 Å². The second kappa shape index (κ2) is 5.61. The number of carbonyl (C=O) groups excluding carboxylic acids is 1. The van der Waals surface area contributed by atoms with E-state index in [0.29, 0.717) is 16.1 Å². The molecule has 0 saturated carbocycles. The fraction of sp³-hybridized carbons (Fsp3) is 0.429. The lowest BCUT2D eigenvalue weighted by molar-refractivity contribution is -0.142. The first kappa shape index (κ1) is 15.5. The third-order valence-electron chi connectivity index (χ3n) is 2.90. The van der Waals surface area contributed by atoms with Crippen LogP contribution in [0.1, 0.15) is 36.7 Å². The van der Waals surface area contributed by atoms with Crippen LogP contribution in [0.25, 0.3) is 0 Å². The number of hydrogen-bond acceptors (Lipinski definition) is 2. The van der Waals surface area contributed by atoms with Crippen molar-refractivity contribution in [1.82, 2.24) is 5.32 Å². The first-order valence-corrected chi connectivity index (χ1v) is 6.31. The molecule has 1 aromatic carbocycles. The fourth-order valence-electron chi connectivity index (χ4n) is 1.71. The zero-order valence-electron chi connectivity index (χ0n) is 11.5. The Balaban J connectivity index is 3.02. The van der Waals surface area contributed by atoms with Crippen molar-refractivity contribution in [1.29, 1.82) is 0 Å². The molecule has 2 N–H and O–H groups in total. The van der Waals surface area contributed by atoms with Gasteiger partial charge in [-0.3, -0.25) is 4.79 Å². The van der Waals surface area contributed by atoms with E-state index in [0.717, 1.165) is 0 Å². The molecular formula is C14H18ClNO3. The molecule has 0 aliphatic carbocycles. The van der Waals surface area contributed by atoms with Crippen LogP contribution >= 0.6 is 11.6 Å². The Morgan fingerprint density at radius 2 is 1.89 bits per heavy atom. The Morgan fingerprint density at radius 1 is 1.32 bits per heavy atom. The summed E-state index contributed by atoms with van der Waals surface area (Å²) in [5.41, 5.74) is 0.455. The van der Waals surface area contributed by atoms with Crippen LogP contribution in [0.15, 0.2) is 18.2 Å². The molecule has 0 aliphatic heterocycles. The number of nitrogens with one attached hydrogen (secondary N) is 1. The van der Waals surface area contributed by atoms with Gasteiger partial charge >= 0.3 is 5.97 Å². The van der Waals surface area contributed by atoms with E-state index < -0.39 is 23.3 Å². The lowest BCUT2D eigenvalue weighted by Gasteiger charge is -2.28. The average molecular weight is 284 g/mol. The smallest absolute Gasteiger partial charge is 0.326 e. The molecule has 1 atom stereocenters. The number of amides is 1. The number of carboxylic acids is 1. The second-order valence-electron chi connectivity index (χ2n) is 5.52. The van der Waals surface area contributed by atoms with Crippen molar-refractivity contribution in [2.45, 2.75) is 33.7 Å². The molecule has 0 unspecified atom stereocenters. The van der Waals surface area contributed by atoms with E-state index in [2.05, 4.69) is 5.32 Å². The molecule has 0 aliphatic rings. The minimum Gasteiger partial charge on any atom is -0.480 e. The molecule has 1 amide bonds. The summed E-state index contributed by atoms with van der Waals surface area (Å²) in [7, 11) is 0. The number of rotatable bonds is 3. The van der Waals surface area contributed by atoms with Gasteiger partial charge in [-0.2, -0.15) is 0 Å². The molecule has 0 spiro atoms. The van der Waals surface area contributed by atoms with Crippen LogP contribution in [0.2, 0.25) is 5.02 Å². The highest BCUT2D eigenvalue weighted by molar-refractivity contribution is 6.31. The molecule has 1 rings (SSSR count). The molecular weight excluding hydrogens is 266 g/mol. The molecule has 0 saturated heterocycles. The number of aliphatic carboxylic acids is 1. The number of carboxylic acid groups (broad SMARTS) is 1. The van der Waals surface area contributed by atoms with Gasteiger partial charge in [0.05, 0.1) is 0 Å². The zero-order chi connectivity index (χ0) is 14.8. The third-order valence-corrected chi connectivity index (χ3v) is 3.31. The minimum atomic E-state index is -1.06. The number of benzene rings is 1. The standard InChI is InChI=1S/C14H18ClNO3/c1-8-9(6-5-7-10(8)15)12(17)16-11(13(18)19)14(2,3)4/h5-7,11H,1-4H3,(H,16,17)(H,18,19)/t11-/m0/s1. The normalized spacial score (nSPS) is 12.9. The van der Waals surface area contributed by atoms with E-state index in [1.165, 1.54) is 0 Å². The fourth-order valence-corrected chi connectivity index (χ4v) is 1.89. The summed E-state index contributed by atoms with van der Waals surface area (Å²) in [6.45, 7) is 7.01. The summed E-state index contributed by atoms with van der Waals surface area (Å²) in [4.78, 5) is 23.4. The molecule has 0 bridgehead atoms. The van der Waals surface area contributed by atoms with Crippen LogP contribution < -0.4 is 5.32 Å². The largest absolute Gasteiger partial charge is 0.480 e. The zero-order valence-corrected chi connectivity index (χ0v) is 12.2. The van der Waals surface area contributed by atoms with Gasteiger partial charge < -0.3 is 10.4 Å². The Labute approximate surface area is 117 Å². The lowest BCUT2D eigenvalue weighted by Crippen LogP contribution is -2.49. The van der Waals surface area contributed by atoms with Crippen LogP contribution in [-0.4, -0.2) is 23.0 Å². The monoisotopic (exact) mass is 283 g/mol. The van der Waals surface area contributed by atoms with Gasteiger partial charge in [0, 0.05) is 10.6 Å². The van der Waals surface area contributed by atoms with E-state index in [9.17, 15) is 14.7 Å². The summed E-state index contributed by atoms with van der Waals surface area (Å²) in [6, 6.07) is 4.01. The summed E-state index contributed by atoms with van der Waals surface area (Å²) >= 11 is 5.95. The van der Waals surface area contributed by atoms with Crippen LogP contribution in [0, 0.1) is 12.3 Å². The molecule has 1 aromatic rings. The first-order valence-electron chi connectivity index (χ1n) is 5.93. The maximum absolute atomic E-state index is 12.1. The predicted octanol–water partition coefficient (Wildman–Crippen LogP) is 2.88. The topological polar surface area (TPSA) is 66.4 Å². The molecule has 0 heterocycles. The van der Waals surface area contributed by atoms with Gasteiger partial charge in [0.15, 0.2) is 0 Å². The van der Waals surface area contributed by atoms with Gasteiger partial charge in [-0.15, -0.1) is 0 Å². The molecule has 5 heteroatoms. The summed E-state index contributed by atoms with van der Waals surface area (Å²) in [5.74, 6) is -1.48. The molecule has 4 nitrogen and oxygen atoms in total. The van der Waals surface area contributed by atoms with Crippen molar-refractivity contribution < 1.29 is 14.7 Å². The van der Waals surface area contributed by atoms with Gasteiger partial charge in [0.2, 0.25) is 0 Å². The molecule has 104 valence electrons. The second-order valence-corrected chi connectivity index (χ2v) is 5.93. The van der Waals surface area contributed by atoms with E-state index >= 15 is 0 Å². The van der Waals surface area contributed by atoms with Crippen LogP contribution in [0.5, 0.6) is 0 Å². The molecule has 0 aromatic heterocycles. The van der Waals surface area contributed by atoms with E-state index in [1.807, 2.05) is 0 Å². The SMILES string of the molecule is Cc1c(Cl)cccc1C(=O)N[C@@H](C(=O)O)C(C)(C)C. The molecule has 19 heavy (non-hydrogen) atoms. The van der Waals surface area contributed by atoms with Crippen molar-refractivity contribution in [2.75, 3.05) is 0 Å². The van der Waals surface area contributed by atoms with Gasteiger partial charge in [0.25, 0.3) is 5.91 Å². The van der Waals surface area contributed by atoms with Crippen LogP contribution in [0.3, 0.4) is 0 Å². The summed E-state index contributed by atoms with van der Waals surface area (Å²) in [5, 5.41) is 12.2. The Morgan fingerprint density at radius 3 is 2.37 bits per heavy atom. The van der Waals surface area contributed by atoms with Crippen molar-refractivity contribution >= 4 is 23.5 Å². The Hall–Kier alpha value is -1.55. The maximum Gasteiger partial charge on any atom is 0.326 e. The van der Waals surface area contributed by atoms with Gasteiger partial charge in [-0.05, 0) is 30.0 Å². The van der Waals surface area contributed by atoms with Gasteiger partial charge in [-0.25, -0.2) is 4.79 Å². The molecule has 0 radical (unpaired) electrons. The summed E-state index contributed by atoms with van der Waals surface area (Å²) < 4.78 is 0. The summed E-state index contributed by atoms with van der Waals surface area (Å²) in [6.07, 6.45) is 0. The highest BCUT2D eigenvalue weighted by atomic mass is 35.5. The lowest BCUT2D eigenvalue weighted by atomic mass is 9.86. The highest BCUT2D eigenvalue weighted by Crippen LogP contribution is 2.22. The van der Waals surface area contributed by atoms with Crippen LogP contribution in [0.4, 0.5) is 0 Å². The number of hydrogen-bond donors (Lipinski definition) is 2. The van der Waals surface area contributed by atoms with Crippen molar-refractivity contribution in [3.05, 3.63) is 34.3 Å². The quantitative estimate of drug-likeness (QED) is 0.896. The van der Waals surface area contributed by atoms with Gasteiger partial charge in [0.1, 0.15) is 6.04 Å². The third kappa shape index (κ3) is 3.70. The van der Waals surface area contributed by atoms with E-state index in [1.54, 1.807) is 45.9 Å². The van der Waals surface area contributed by atoms with E-state index in [-0.39, 0.29) is 0 Å². The average Bonchev–Trinajstić information content (AvgIpc) is 2.27. The Kier molecular flexibility index (Phi) is 4.58. The van der Waals surface area contributed by atoms with Crippen molar-refractivity contribution in [3.63, 3.8) is 0 Å².